The number of amides is 1. The number of hydrogen-bond donors (Lipinski definition) is 2. The number of nitrogens with zero attached hydrogens (tertiary/aromatic N) is 1. The Morgan fingerprint density at radius 3 is 2.64 bits per heavy atom. The molecular weight excluding hydrogens is 178 g/mol. The van der Waals surface area contributed by atoms with Crippen molar-refractivity contribution in [2.45, 2.75) is 38.1 Å². The van der Waals surface area contributed by atoms with Crippen LogP contribution in [0, 0.1) is 0 Å². The first-order valence-corrected chi connectivity index (χ1v) is 5.65. The topological polar surface area (TPSA) is 44.4 Å². The molecule has 80 valence electrons. The zero-order valence-electron chi connectivity index (χ0n) is 8.59. The minimum atomic E-state index is 0.0527. The zero-order chi connectivity index (χ0) is 9.80. The second-order valence-electron chi connectivity index (χ2n) is 4.17. The Morgan fingerprint density at radius 2 is 2.00 bits per heavy atom. The first-order chi connectivity index (χ1) is 6.86. The summed E-state index contributed by atoms with van der Waals surface area (Å²) in [7, 11) is 0. The Morgan fingerprint density at radius 1 is 1.21 bits per heavy atom. The highest BCUT2D eigenvalue weighted by molar-refractivity contribution is 5.81. The van der Waals surface area contributed by atoms with Gasteiger partial charge in [-0.1, -0.05) is 6.42 Å². The highest BCUT2D eigenvalue weighted by atomic mass is 16.2. The van der Waals surface area contributed by atoms with Gasteiger partial charge in [0.05, 0.1) is 6.04 Å². The average Bonchev–Trinajstić information content (AvgIpc) is 2.72. The Hall–Kier alpha value is -0.610. The van der Waals surface area contributed by atoms with E-state index in [9.17, 15) is 4.79 Å². The van der Waals surface area contributed by atoms with Gasteiger partial charge in [0, 0.05) is 13.1 Å². The molecule has 0 aromatic carbocycles. The van der Waals surface area contributed by atoms with Crippen molar-refractivity contribution in [3.8, 4) is 0 Å². The van der Waals surface area contributed by atoms with Gasteiger partial charge in [-0.3, -0.25) is 10.2 Å². The predicted octanol–water partition coefficient (Wildman–Crippen LogP) is 0.255. The summed E-state index contributed by atoms with van der Waals surface area (Å²) in [6.45, 7) is 3.01. The van der Waals surface area contributed by atoms with Crippen LogP contribution in [0.25, 0.3) is 0 Å². The largest absolute Gasteiger partial charge is 0.306 e. The average molecular weight is 197 g/mol. The predicted molar refractivity (Wildman–Crippen MR) is 54.6 cm³/mol. The summed E-state index contributed by atoms with van der Waals surface area (Å²) >= 11 is 0. The summed E-state index contributed by atoms with van der Waals surface area (Å²) in [5.74, 6) is 0.157. The summed E-state index contributed by atoms with van der Waals surface area (Å²) in [6, 6.07) is 0.0527. The van der Waals surface area contributed by atoms with Crippen molar-refractivity contribution >= 4 is 5.91 Å². The van der Waals surface area contributed by atoms with Crippen LogP contribution in [-0.2, 0) is 4.79 Å². The minimum absolute atomic E-state index is 0.0527. The molecule has 0 aliphatic carbocycles. The van der Waals surface area contributed by atoms with E-state index >= 15 is 0 Å². The molecule has 4 heteroatoms. The third-order valence-electron chi connectivity index (χ3n) is 3.00. The lowest BCUT2D eigenvalue weighted by atomic mass is 10.2. The zero-order valence-corrected chi connectivity index (χ0v) is 8.59. The molecule has 2 saturated heterocycles. The molecule has 0 unspecified atom stereocenters. The van der Waals surface area contributed by atoms with Crippen LogP contribution in [0.15, 0.2) is 0 Å². The molecule has 0 saturated carbocycles. The molecule has 2 N–H and O–H groups in total. The van der Waals surface area contributed by atoms with Crippen LogP contribution in [0.4, 0.5) is 0 Å². The van der Waals surface area contributed by atoms with Gasteiger partial charge in [-0.25, -0.2) is 5.01 Å². The van der Waals surface area contributed by atoms with Gasteiger partial charge in [-0.15, -0.1) is 0 Å². The Bertz CT molecular complexity index is 196. The minimum Gasteiger partial charge on any atom is -0.306 e. The van der Waals surface area contributed by atoms with E-state index in [2.05, 4.69) is 15.8 Å². The number of hydrogen-bond acceptors (Lipinski definition) is 3. The van der Waals surface area contributed by atoms with Gasteiger partial charge in [0.15, 0.2) is 0 Å². The number of piperidine rings is 1. The molecule has 14 heavy (non-hydrogen) atoms. The van der Waals surface area contributed by atoms with Gasteiger partial charge in [0.25, 0.3) is 5.91 Å². The van der Waals surface area contributed by atoms with E-state index in [-0.39, 0.29) is 11.9 Å². The fourth-order valence-electron chi connectivity index (χ4n) is 2.15. The fourth-order valence-corrected chi connectivity index (χ4v) is 2.15. The molecule has 0 bridgehead atoms. The molecule has 0 aromatic heterocycles. The third kappa shape index (κ3) is 2.45. The lowest BCUT2D eigenvalue weighted by molar-refractivity contribution is -0.128. The van der Waals surface area contributed by atoms with E-state index in [0.717, 1.165) is 32.5 Å². The highest BCUT2D eigenvalue weighted by Crippen LogP contribution is 2.08. The monoisotopic (exact) mass is 197 g/mol. The van der Waals surface area contributed by atoms with Crippen molar-refractivity contribution < 1.29 is 4.79 Å². The second-order valence-corrected chi connectivity index (χ2v) is 4.17. The van der Waals surface area contributed by atoms with Crippen LogP contribution in [0.5, 0.6) is 0 Å². The Balaban J connectivity index is 1.75. The third-order valence-corrected chi connectivity index (χ3v) is 3.00. The molecule has 1 atom stereocenters. The number of carbonyl (C=O) groups is 1. The molecule has 2 aliphatic heterocycles. The summed E-state index contributed by atoms with van der Waals surface area (Å²) in [4.78, 5) is 11.7. The molecule has 2 heterocycles. The first kappa shape index (κ1) is 9.93. The number of carbonyl (C=O) groups excluding carboxylic acids is 1. The van der Waals surface area contributed by atoms with Crippen molar-refractivity contribution in [1.29, 1.82) is 0 Å². The molecule has 4 nitrogen and oxygen atoms in total. The molecular formula is C10H19N3O. The summed E-state index contributed by atoms with van der Waals surface area (Å²) < 4.78 is 0. The van der Waals surface area contributed by atoms with Crippen LogP contribution in [-0.4, -0.2) is 36.6 Å². The maximum Gasteiger partial charge on any atom is 0.251 e. The van der Waals surface area contributed by atoms with Gasteiger partial charge < -0.3 is 5.32 Å². The second kappa shape index (κ2) is 4.75. The number of hydrazine groups is 1. The van der Waals surface area contributed by atoms with Crippen LogP contribution < -0.4 is 10.7 Å². The molecule has 0 aromatic rings. The maximum atomic E-state index is 11.7. The maximum absolute atomic E-state index is 11.7. The van der Waals surface area contributed by atoms with Gasteiger partial charge in [-0.05, 0) is 32.2 Å². The van der Waals surface area contributed by atoms with Gasteiger partial charge in [-0.2, -0.15) is 0 Å². The summed E-state index contributed by atoms with van der Waals surface area (Å²) in [6.07, 6.45) is 5.82. The first-order valence-electron chi connectivity index (χ1n) is 5.65. The van der Waals surface area contributed by atoms with Crippen molar-refractivity contribution in [2.75, 3.05) is 19.6 Å². The van der Waals surface area contributed by atoms with Gasteiger partial charge in [0.2, 0.25) is 0 Å². The smallest absolute Gasteiger partial charge is 0.251 e. The van der Waals surface area contributed by atoms with E-state index < -0.39 is 0 Å². The van der Waals surface area contributed by atoms with E-state index in [1.807, 2.05) is 0 Å². The SMILES string of the molecule is O=C(NN1CCCCC1)[C@@H]1CCCN1. The van der Waals surface area contributed by atoms with Gasteiger partial charge >= 0.3 is 0 Å². The summed E-state index contributed by atoms with van der Waals surface area (Å²) in [5, 5.41) is 5.27. The van der Waals surface area contributed by atoms with E-state index in [0.29, 0.717) is 0 Å². The van der Waals surface area contributed by atoms with Crippen molar-refractivity contribution in [3.05, 3.63) is 0 Å². The highest BCUT2D eigenvalue weighted by Gasteiger charge is 2.23. The molecule has 2 fully saturated rings. The van der Waals surface area contributed by atoms with Gasteiger partial charge in [0.1, 0.15) is 0 Å². The van der Waals surface area contributed by atoms with Crippen LogP contribution in [0.2, 0.25) is 0 Å². The quantitative estimate of drug-likeness (QED) is 0.667. The molecule has 2 rings (SSSR count). The number of nitrogens with one attached hydrogen (secondary N) is 2. The Labute approximate surface area is 85.0 Å². The molecule has 0 radical (unpaired) electrons. The van der Waals surface area contributed by atoms with Crippen LogP contribution >= 0.6 is 0 Å². The fraction of sp³-hybridized carbons (Fsp3) is 0.900. The number of rotatable bonds is 2. The molecule has 1 amide bonds. The van der Waals surface area contributed by atoms with E-state index in [1.54, 1.807) is 0 Å². The van der Waals surface area contributed by atoms with Crippen LogP contribution in [0.1, 0.15) is 32.1 Å². The lowest BCUT2D eigenvalue weighted by Crippen LogP contribution is -2.50. The molecule has 2 aliphatic rings. The van der Waals surface area contributed by atoms with Crippen molar-refractivity contribution in [1.82, 2.24) is 15.8 Å². The van der Waals surface area contributed by atoms with E-state index in [1.165, 1.54) is 19.3 Å². The normalized spacial score (nSPS) is 29.0. The lowest BCUT2D eigenvalue weighted by Gasteiger charge is -2.28. The Kier molecular flexibility index (Phi) is 3.37. The standard InChI is InChI=1S/C10H19N3O/c14-10(9-5-4-6-11-9)12-13-7-2-1-3-8-13/h9,11H,1-8H2,(H,12,14)/t9-/m0/s1. The van der Waals surface area contributed by atoms with E-state index in [4.69, 9.17) is 0 Å². The van der Waals surface area contributed by atoms with Crippen molar-refractivity contribution in [2.24, 2.45) is 0 Å². The summed E-state index contributed by atoms with van der Waals surface area (Å²) in [5.41, 5.74) is 2.99. The van der Waals surface area contributed by atoms with Crippen molar-refractivity contribution in [3.63, 3.8) is 0 Å². The van der Waals surface area contributed by atoms with Crippen LogP contribution in [0.3, 0.4) is 0 Å². The molecule has 0 spiro atoms.